The fraction of sp³-hybridized carbons (Fsp3) is 0.333. The zero-order valence-corrected chi connectivity index (χ0v) is 16.5. The third-order valence-electron chi connectivity index (χ3n) is 4.21. The SMILES string of the molecule is COc1ccc(C(CNC(=O)CCNC(=O)/C=C/c2ccco2)N(C)C)cc1. The van der Waals surface area contributed by atoms with Gasteiger partial charge in [0, 0.05) is 25.6 Å². The van der Waals surface area contributed by atoms with Crippen molar-refractivity contribution in [2.45, 2.75) is 12.5 Å². The van der Waals surface area contributed by atoms with Crippen LogP contribution in [0.15, 0.2) is 53.2 Å². The molecular weight excluding hydrogens is 358 g/mol. The Labute approximate surface area is 165 Å². The van der Waals surface area contributed by atoms with Crippen LogP contribution in [-0.2, 0) is 9.59 Å². The molecule has 2 rings (SSSR count). The summed E-state index contributed by atoms with van der Waals surface area (Å²) in [6.07, 6.45) is 4.70. The van der Waals surface area contributed by atoms with Gasteiger partial charge in [0.25, 0.3) is 0 Å². The largest absolute Gasteiger partial charge is 0.497 e. The first-order valence-corrected chi connectivity index (χ1v) is 9.06. The maximum atomic E-state index is 12.1. The lowest BCUT2D eigenvalue weighted by Gasteiger charge is -2.25. The van der Waals surface area contributed by atoms with Crippen LogP contribution in [0.2, 0.25) is 0 Å². The summed E-state index contributed by atoms with van der Waals surface area (Å²) in [5, 5.41) is 5.60. The van der Waals surface area contributed by atoms with E-state index in [2.05, 4.69) is 10.6 Å². The lowest BCUT2D eigenvalue weighted by Crippen LogP contribution is -2.36. The van der Waals surface area contributed by atoms with Crippen molar-refractivity contribution in [3.8, 4) is 5.75 Å². The van der Waals surface area contributed by atoms with Gasteiger partial charge in [-0.2, -0.15) is 0 Å². The summed E-state index contributed by atoms with van der Waals surface area (Å²) in [7, 11) is 5.56. The summed E-state index contributed by atoms with van der Waals surface area (Å²) in [4.78, 5) is 25.9. The van der Waals surface area contributed by atoms with Crippen molar-refractivity contribution in [1.29, 1.82) is 0 Å². The Morgan fingerprint density at radius 2 is 1.93 bits per heavy atom. The molecule has 7 nitrogen and oxygen atoms in total. The molecule has 0 spiro atoms. The molecule has 0 aliphatic rings. The molecular formula is C21H27N3O4. The number of methoxy groups -OCH3 is 1. The van der Waals surface area contributed by atoms with Gasteiger partial charge in [0.15, 0.2) is 0 Å². The van der Waals surface area contributed by atoms with Crippen LogP contribution in [0, 0.1) is 0 Å². The van der Waals surface area contributed by atoms with Gasteiger partial charge in [-0.1, -0.05) is 12.1 Å². The van der Waals surface area contributed by atoms with Crippen molar-refractivity contribution in [3.63, 3.8) is 0 Å². The predicted octanol–water partition coefficient (Wildman–Crippen LogP) is 2.23. The highest BCUT2D eigenvalue weighted by Crippen LogP contribution is 2.20. The van der Waals surface area contributed by atoms with Crippen LogP contribution in [-0.4, -0.2) is 51.0 Å². The first-order chi connectivity index (χ1) is 13.5. The molecule has 0 aliphatic heterocycles. The first-order valence-electron chi connectivity index (χ1n) is 9.06. The van der Waals surface area contributed by atoms with E-state index in [0.717, 1.165) is 11.3 Å². The molecule has 0 bridgehead atoms. The normalized spacial score (nSPS) is 12.1. The number of benzene rings is 1. The first kappa shape index (κ1) is 21.2. The van der Waals surface area contributed by atoms with E-state index in [1.165, 1.54) is 12.3 Å². The number of ether oxygens (including phenoxy) is 1. The highest BCUT2D eigenvalue weighted by Gasteiger charge is 2.15. The minimum Gasteiger partial charge on any atom is -0.497 e. The van der Waals surface area contributed by atoms with Gasteiger partial charge in [0.2, 0.25) is 11.8 Å². The summed E-state index contributed by atoms with van der Waals surface area (Å²) in [6.45, 7) is 0.743. The average Bonchev–Trinajstić information content (AvgIpc) is 3.20. The molecule has 1 aromatic heterocycles. The van der Waals surface area contributed by atoms with Crippen LogP contribution in [0.4, 0.5) is 0 Å². The number of hydrogen-bond acceptors (Lipinski definition) is 5. The van der Waals surface area contributed by atoms with Crippen LogP contribution in [0.3, 0.4) is 0 Å². The molecule has 2 amide bonds. The smallest absolute Gasteiger partial charge is 0.244 e. The monoisotopic (exact) mass is 385 g/mol. The van der Waals surface area contributed by atoms with Gasteiger partial charge in [-0.05, 0) is 50.0 Å². The van der Waals surface area contributed by atoms with Crippen LogP contribution >= 0.6 is 0 Å². The Morgan fingerprint density at radius 1 is 1.18 bits per heavy atom. The third-order valence-corrected chi connectivity index (χ3v) is 4.21. The Hall–Kier alpha value is -3.06. The molecule has 0 aliphatic carbocycles. The van der Waals surface area contributed by atoms with E-state index < -0.39 is 0 Å². The Balaban J connectivity index is 1.74. The molecule has 1 atom stereocenters. The molecule has 28 heavy (non-hydrogen) atoms. The Morgan fingerprint density at radius 3 is 2.54 bits per heavy atom. The molecule has 0 saturated heterocycles. The van der Waals surface area contributed by atoms with Crippen molar-refractivity contribution in [2.24, 2.45) is 0 Å². The molecule has 2 N–H and O–H groups in total. The lowest BCUT2D eigenvalue weighted by molar-refractivity contribution is -0.121. The van der Waals surface area contributed by atoms with Crippen LogP contribution in [0.5, 0.6) is 5.75 Å². The van der Waals surface area contributed by atoms with Gasteiger partial charge < -0.3 is 24.7 Å². The number of hydrogen-bond donors (Lipinski definition) is 2. The number of carbonyl (C=O) groups excluding carboxylic acids is 2. The van der Waals surface area contributed by atoms with Crippen LogP contribution in [0.1, 0.15) is 23.8 Å². The standard InChI is InChI=1S/C21H27N3O4/c1-24(2)19(16-6-8-17(27-3)9-7-16)15-23-21(26)12-13-22-20(25)11-10-18-5-4-14-28-18/h4-11,14,19H,12-13,15H2,1-3H3,(H,22,25)(H,23,26)/b11-10+. The zero-order valence-electron chi connectivity index (χ0n) is 16.5. The minimum atomic E-state index is -0.270. The molecule has 1 aromatic carbocycles. The third kappa shape index (κ3) is 6.92. The van der Waals surface area contributed by atoms with Crippen LogP contribution in [0.25, 0.3) is 6.08 Å². The topological polar surface area (TPSA) is 83.8 Å². The van der Waals surface area contributed by atoms with E-state index in [4.69, 9.17) is 9.15 Å². The maximum Gasteiger partial charge on any atom is 0.244 e. The van der Waals surface area contributed by atoms with Gasteiger partial charge in [0.05, 0.1) is 19.4 Å². The number of carbonyl (C=O) groups is 2. The van der Waals surface area contributed by atoms with Crippen molar-refractivity contribution >= 4 is 17.9 Å². The van der Waals surface area contributed by atoms with Crippen molar-refractivity contribution in [1.82, 2.24) is 15.5 Å². The van der Waals surface area contributed by atoms with Gasteiger partial charge in [-0.25, -0.2) is 0 Å². The fourth-order valence-electron chi connectivity index (χ4n) is 2.63. The van der Waals surface area contributed by atoms with E-state index in [-0.39, 0.29) is 30.8 Å². The Kier molecular flexibility index (Phi) is 8.30. The molecule has 0 saturated carbocycles. The number of likely N-dealkylation sites (N-methyl/N-ethyl adjacent to an activating group) is 1. The highest BCUT2D eigenvalue weighted by atomic mass is 16.5. The summed E-state index contributed by atoms with van der Waals surface area (Å²) in [5.74, 6) is 1.01. The minimum absolute atomic E-state index is 0.0423. The number of rotatable bonds is 10. The summed E-state index contributed by atoms with van der Waals surface area (Å²) < 4.78 is 10.3. The zero-order chi connectivity index (χ0) is 20.4. The fourth-order valence-corrected chi connectivity index (χ4v) is 2.63. The highest BCUT2D eigenvalue weighted by molar-refractivity contribution is 5.91. The van der Waals surface area contributed by atoms with E-state index >= 15 is 0 Å². The molecule has 7 heteroatoms. The van der Waals surface area contributed by atoms with E-state index in [1.54, 1.807) is 25.3 Å². The quantitative estimate of drug-likeness (QED) is 0.613. The maximum absolute atomic E-state index is 12.1. The van der Waals surface area contributed by atoms with Crippen molar-refractivity contribution < 1.29 is 18.7 Å². The van der Waals surface area contributed by atoms with E-state index in [0.29, 0.717) is 12.3 Å². The average molecular weight is 385 g/mol. The Bertz CT molecular complexity index is 767. The van der Waals surface area contributed by atoms with Crippen LogP contribution < -0.4 is 15.4 Å². The second-order valence-electron chi connectivity index (χ2n) is 6.45. The molecule has 0 radical (unpaired) electrons. The van der Waals surface area contributed by atoms with Gasteiger partial charge >= 0.3 is 0 Å². The number of furan rings is 1. The number of nitrogens with zero attached hydrogens (tertiary/aromatic N) is 1. The molecule has 1 heterocycles. The second-order valence-corrected chi connectivity index (χ2v) is 6.45. The summed E-state index contributed by atoms with van der Waals surface area (Å²) >= 11 is 0. The van der Waals surface area contributed by atoms with Gasteiger partial charge in [0.1, 0.15) is 11.5 Å². The summed E-state index contributed by atoms with van der Waals surface area (Å²) in [5.41, 5.74) is 1.09. The van der Waals surface area contributed by atoms with E-state index in [1.807, 2.05) is 43.3 Å². The number of amides is 2. The predicted molar refractivity (Wildman–Crippen MR) is 108 cm³/mol. The van der Waals surface area contributed by atoms with Gasteiger partial charge in [-0.15, -0.1) is 0 Å². The lowest BCUT2D eigenvalue weighted by atomic mass is 10.1. The van der Waals surface area contributed by atoms with E-state index in [9.17, 15) is 9.59 Å². The molecule has 1 unspecified atom stereocenters. The molecule has 2 aromatic rings. The second kappa shape index (κ2) is 10.9. The van der Waals surface area contributed by atoms with Crippen molar-refractivity contribution in [2.75, 3.05) is 34.3 Å². The summed E-state index contributed by atoms with van der Waals surface area (Å²) in [6, 6.07) is 11.3. The number of nitrogens with one attached hydrogen (secondary N) is 2. The van der Waals surface area contributed by atoms with Gasteiger partial charge in [-0.3, -0.25) is 9.59 Å². The molecule has 150 valence electrons. The van der Waals surface area contributed by atoms with Crippen molar-refractivity contribution in [3.05, 3.63) is 60.1 Å². The molecule has 0 fully saturated rings.